The summed E-state index contributed by atoms with van der Waals surface area (Å²) in [4.78, 5) is 8.68. The molecule has 0 fully saturated rings. The lowest BCUT2D eigenvalue weighted by atomic mass is 10.2. The highest BCUT2D eigenvalue weighted by atomic mass is 35.5. The minimum Gasteiger partial charge on any atom is -0.230 e. The van der Waals surface area contributed by atoms with Crippen LogP contribution in [0.1, 0.15) is 11.3 Å². The Labute approximate surface area is 99.3 Å². The van der Waals surface area contributed by atoms with Gasteiger partial charge >= 0.3 is 0 Å². The average Bonchev–Trinajstić information content (AvgIpc) is 2.88. The summed E-state index contributed by atoms with van der Waals surface area (Å²) in [6, 6.07) is 0. The highest BCUT2D eigenvalue weighted by molar-refractivity contribution is 7.98. The molecule has 0 saturated carbocycles. The standard InChI is InChI=1S/C8H5ClN4S2/c9-7-4-1-14-2-5(4)10-8(11-7)6-3-15-13-12-6/h3H,1-2H2. The first-order chi connectivity index (χ1) is 7.34. The van der Waals surface area contributed by atoms with E-state index in [0.717, 1.165) is 22.8 Å². The number of hydrogen-bond donors (Lipinski definition) is 0. The SMILES string of the molecule is Clc1nc(-c2csnn2)nc2c1CSC2. The summed E-state index contributed by atoms with van der Waals surface area (Å²) in [6.07, 6.45) is 0. The van der Waals surface area contributed by atoms with Gasteiger partial charge in [0.1, 0.15) is 10.8 Å². The molecular formula is C8H5ClN4S2. The molecule has 0 bridgehead atoms. The van der Waals surface area contributed by atoms with Gasteiger partial charge in [0.15, 0.2) is 5.82 Å². The summed E-state index contributed by atoms with van der Waals surface area (Å²) in [5.74, 6) is 2.39. The quantitative estimate of drug-likeness (QED) is 0.734. The zero-order chi connectivity index (χ0) is 10.3. The van der Waals surface area contributed by atoms with Gasteiger partial charge in [0.2, 0.25) is 0 Å². The van der Waals surface area contributed by atoms with Gasteiger partial charge < -0.3 is 0 Å². The normalized spacial score (nSPS) is 14.2. The Hall–Kier alpha value is -0.720. The molecule has 0 atom stereocenters. The van der Waals surface area contributed by atoms with E-state index in [4.69, 9.17) is 11.6 Å². The van der Waals surface area contributed by atoms with Crippen molar-refractivity contribution < 1.29 is 0 Å². The third-order valence-corrected chi connectivity index (χ3v) is 3.90. The first kappa shape index (κ1) is 9.50. The predicted octanol–water partition coefficient (Wildman–Crippen LogP) is 2.40. The molecule has 7 heteroatoms. The van der Waals surface area contributed by atoms with Gasteiger partial charge in [-0.25, -0.2) is 9.97 Å². The molecule has 2 aromatic rings. The number of aromatic nitrogens is 4. The van der Waals surface area contributed by atoms with Crippen LogP contribution in [-0.4, -0.2) is 19.6 Å². The fourth-order valence-corrected chi connectivity index (χ4v) is 3.20. The Bertz CT molecular complexity index is 500. The zero-order valence-electron chi connectivity index (χ0n) is 7.47. The van der Waals surface area contributed by atoms with Crippen LogP contribution in [0, 0.1) is 0 Å². The van der Waals surface area contributed by atoms with E-state index in [1.54, 1.807) is 11.8 Å². The number of fused-ring (bicyclic) bond motifs is 1. The lowest BCUT2D eigenvalue weighted by molar-refractivity contribution is 1.04. The van der Waals surface area contributed by atoms with Crippen molar-refractivity contribution in [1.29, 1.82) is 0 Å². The highest BCUT2D eigenvalue weighted by Gasteiger charge is 2.19. The van der Waals surface area contributed by atoms with Gasteiger partial charge in [0.25, 0.3) is 0 Å². The van der Waals surface area contributed by atoms with Crippen molar-refractivity contribution in [2.45, 2.75) is 11.5 Å². The molecule has 76 valence electrons. The van der Waals surface area contributed by atoms with Crippen molar-refractivity contribution in [3.8, 4) is 11.5 Å². The summed E-state index contributed by atoms with van der Waals surface area (Å²) < 4.78 is 3.79. The molecule has 4 nitrogen and oxygen atoms in total. The lowest BCUT2D eigenvalue weighted by Gasteiger charge is -2.01. The molecule has 0 aromatic carbocycles. The van der Waals surface area contributed by atoms with Crippen LogP contribution in [0.2, 0.25) is 5.15 Å². The summed E-state index contributed by atoms with van der Waals surface area (Å²) in [7, 11) is 0. The Balaban J connectivity index is 2.15. The fourth-order valence-electron chi connectivity index (χ4n) is 1.39. The van der Waals surface area contributed by atoms with Crippen LogP contribution < -0.4 is 0 Å². The molecule has 2 aromatic heterocycles. The molecular weight excluding hydrogens is 252 g/mol. The molecule has 0 amide bonds. The minimum absolute atomic E-state index is 0.549. The second-order valence-electron chi connectivity index (χ2n) is 3.05. The van der Waals surface area contributed by atoms with Gasteiger partial charge in [-0.2, -0.15) is 11.8 Å². The Kier molecular flexibility index (Phi) is 2.34. The monoisotopic (exact) mass is 256 g/mol. The van der Waals surface area contributed by atoms with Crippen molar-refractivity contribution in [3.05, 3.63) is 21.8 Å². The number of nitrogens with zero attached hydrogens (tertiary/aromatic N) is 4. The molecule has 3 rings (SSSR count). The molecule has 0 N–H and O–H groups in total. The van der Waals surface area contributed by atoms with Gasteiger partial charge in [0.05, 0.1) is 5.69 Å². The molecule has 15 heavy (non-hydrogen) atoms. The Morgan fingerprint density at radius 1 is 1.27 bits per heavy atom. The van der Waals surface area contributed by atoms with Crippen LogP contribution in [-0.2, 0) is 11.5 Å². The van der Waals surface area contributed by atoms with E-state index in [0.29, 0.717) is 16.7 Å². The number of rotatable bonds is 1. The minimum atomic E-state index is 0.549. The van der Waals surface area contributed by atoms with Crippen LogP contribution in [0.5, 0.6) is 0 Å². The Morgan fingerprint density at radius 2 is 2.20 bits per heavy atom. The third kappa shape index (κ3) is 1.62. The lowest BCUT2D eigenvalue weighted by Crippen LogP contribution is -1.97. The molecule has 1 aliphatic rings. The van der Waals surface area contributed by atoms with Crippen molar-refractivity contribution >= 4 is 34.9 Å². The fraction of sp³-hybridized carbons (Fsp3) is 0.250. The number of thioether (sulfide) groups is 1. The van der Waals surface area contributed by atoms with Crippen LogP contribution in [0.25, 0.3) is 11.5 Å². The van der Waals surface area contributed by atoms with Crippen LogP contribution >= 0.6 is 34.9 Å². The average molecular weight is 257 g/mol. The molecule has 0 aliphatic carbocycles. The van der Waals surface area contributed by atoms with E-state index in [9.17, 15) is 0 Å². The van der Waals surface area contributed by atoms with Crippen molar-refractivity contribution in [2.75, 3.05) is 0 Å². The maximum atomic E-state index is 6.08. The smallest absolute Gasteiger partial charge is 0.182 e. The second kappa shape index (κ2) is 3.70. The first-order valence-electron chi connectivity index (χ1n) is 4.25. The van der Waals surface area contributed by atoms with Crippen molar-refractivity contribution in [2.24, 2.45) is 0 Å². The van der Waals surface area contributed by atoms with Crippen LogP contribution in [0.15, 0.2) is 5.38 Å². The zero-order valence-corrected chi connectivity index (χ0v) is 9.86. The highest BCUT2D eigenvalue weighted by Crippen LogP contribution is 2.33. The third-order valence-electron chi connectivity index (χ3n) is 2.12. The van der Waals surface area contributed by atoms with E-state index in [1.807, 2.05) is 5.38 Å². The molecule has 0 radical (unpaired) electrons. The predicted molar refractivity (Wildman–Crippen MR) is 60.9 cm³/mol. The van der Waals surface area contributed by atoms with E-state index < -0.39 is 0 Å². The maximum Gasteiger partial charge on any atom is 0.182 e. The van der Waals surface area contributed by atoms with E-state index in [2.05, 4.69) is 19.6 Å². The summed E-state index contributed by atoms with van der Waals surface area (Å²) in [6.45, 7) is 0. The van der Waals surface area contributed by atoms with E-state index in [-0.39, 0.29) is 0 Å². The number of hydrogen-bond acceptors (Lipinski definition) is 6. The van der Waals surface area contributed by atoms with Crippen molar-refractivity contribution in [1.82, 2.24) is 19.6 Å². The largest absolute Gasteiger partial charge is 0.230 e. The summed E-state index contributed by atoms with van der Waals surface area (Å²) in [5.41, 5.74) is 2.79. The van der Waals surface area contributed by atoms with Crippen LogP contribution in [0.3, 0.4) is 0 Å². The van der Waals surface area contributed by atoms with E-state index in [1.165, 1.54) is 11.5 Å². The molecule has 0 spiro atoms. The summed E-state index contributed by atoms with van der Waals surface area (Å²) in [5, 5.41) is 6.30. The van der Waals surface area contributed by atoms with Gasteiger partial charge in [-0.05, 0) is 11.5 Å². The molecule has 0 saturated heterocycles. The van der Waals surface area contributed by atoms with Gasteiger partial charge in [-0.3, -0.25) is 0 Å². The number of halogens is 1. The molecule has 3 heterocycles. The second-order valence-corrected chi connectivity index (χ2v) is 5.00. The Morgan fingerprint density at radius 3 is 3.00 bits per heavy atom. The van der Waals surface area contributed by atoms with Gasteiger partial charge in [-0.1, -0.05) is 16.1 Å². The molecule has 0 unspecified atom stereocenters. The summed E-state index contributed by atoms with van der Waals surface area (Å²) >= 11 is 9.17. The van der Waals surface area contributed by atoms with Crippen LogP contribution in [0.4, 0.5) is 0 Å². The van der Waals surface area contributed by atoms with E-state index >= 15 is 0 Å². The van der Waals surface area contributed by atoms with Gasteiger partial charge in [0, 0.05) is 22.4 Å². The molecule has 1 aliphatic heterocycles. The van der Waals surface area contributed by atoms with Gasteiger partial charge in [-0.15, -0.1) is 5.10 Å². The first-order valence-corrected chi connectivity index (χ1v) is 6.62. The topological polar surface area (TPSA) is 51.6 Å². The van der Waals surface area contributed by atoms with Crippen molar-refractivity contribution in [3.63, 3.8) is 0 Å². The maximum absolute atomic E-state index is 6.08.